The Hall–Kier alpha value is -2.87. The molecule has 0 unspecified atom stereocenters. The summed E-state index contributed by atoms with van der Waals surface area (Å²) in [6.07, 6.45) is 3.72. The van der Waals surface area contributed by atoms with Gasteiger partial charge >= 0.3 is 6.03 Å². The fourth-order valence-electron chi connectivity index (χ4n) is 3.27. The molecule has 1 atom stereocenters. The maximum Gasteiger partial charge on any atom is 0.321 e. The number of aromatic nitrogens is 2. The van der Waals surface area contributed by atoms with Crippen LogP contribution in [0.5, 0.6) is 0 Å². The highest BCUT2D eigenvalue weighted by Crippen LogP contribution is 2.26. The van der Waals surface area contributed by atoms with Crippen LogP contribution in [0.25, 0.3) is 0 Å². The second-order valence-electron chi connectivity index (χ2n) is 6.74. The van der Waals surface area contributed by atoms with Crippen molar-refractivity contribution < 1.29 is 14.3 Å². The highest BCUT2D eigenvalue weighted by Gasteiger charge is 2.25. The number of methoxy groups -OCH3 is 1. The third-order valence-corrected chi connectivity index (χ3v) is 4.71. The lowest BCUT2D eigenvalue weighted by Crippen LogP contribution is -2.41. The molecule has 8 heteroatoms. The number of carbonyl (C=O) groups is 2. The van der Waals surface area contributed by atoms with E-state index < -0.39 is 0 Å². The molecule has 8 nitrogen and oxygen atoms in total. The number of nitrogens with one attached hydrogen (secondary N) is 3. The van der Waals surface area contributed by atoms with Crippen molar-refractivity contribution >= 4 is 23.3 Å². The number of amides is 3. The van der Waals surface area contributed by atoms with Crippen molar-refractivity contribution in [1.82, 2.24) is 15.1 Å². The smallest absolute Gasteiger partial charge is 0.321 e. The first-order valence-corrected chi connectivity index (χ1v) is 9.01. The number of piperidine rings is 1. The van der Waals surface area contributed by atoms with Gasteiger partial charge in [-0.15, -0.1) is 0 Å². The summed E-state index contributed by atoms with van der Waals surface area (Å²) in [5.41, 5.74) is 3.28. The van der Waals surface area contributed by atoms with Gasteiger partial charge in [-0.1, -0.05) is 6.07 Å². The van der Waals surface area contributed by atoms with E-state index in [1.54, 1.807) is 18.3 Å². The van der Waals surface area contributed by atoms with E-state index >= 15 is 0 Å². The van der Waals surface area contributed by atoms with Crippen LogP contribution in [-0.4, -0.2) is 53.8 Å². The zero-order valence-corrected chi connectivity index (χ0v) is 15.6. The van der Waals surface area contributed by atoms with Crippen LogP contribution in [0.2, 0.25) is 0 Å². The molecule has 1 aromatic heterocycles. The summed E-state index contributed by atoms with van der Waals surface area (Å²) in [5.74, 6) is 0.0322. The number of rotatable bonds is 5. The first-order valence-electron chi connectivity index (χ1n) is 9.01. The minimum absolute atomic E-state index is 0.0155. The average Bonchev–Trinajstić information content (AvgIpc) is 3.19. The summed E-state index contributed by atoms with van der Waals surface area (Å²) < 4.78 is 4.82. The molecule has 27 heavy (non-hydrogen) atoms. The van der Waals surface area contributed by atoms with Gasteiger partial charge in [0.05, 0.1) is 0 Å². The maximum absolute atomic E-state index is 12.8. The summed E-state index contributed by atoms with van der Waals surface area (Å²) in [7, 11) is 1.47. The van der Waals surface area contributed by atoms with Crippen LogP contribution in [0.3, 0.4) is 0 Å². The average molecular weight is 371 g/mol. The van der Waals surface area contributed by atoms with Gasteiger partial charge in [0, 0.05) is 49.4 Å². The van der Waals surface area contributed by atoms with E-state index in [0.717, 1.165) is 30.6 Å². The Morgan fingerprint density at radius 3 is 2.93 bits per heavy atom. The number of urea groups is 1. The van der Waals surface area contributed by atoms with Crippen LogP contribution >= 0.6 is 0 Å². The number of aromatic amines is 1. The zero-order valence-electron chi connectivity index (χ0n) is 15.6. The quantitative estimate of drug-likeness (QED) is 0.752. The van der Waals surface area contributed by atoms with Crippen LogP contribution in [-0.2, 0) is 9.53 Å². The van der Waals surface area contributed by atoms with Crippen molar-refractivity contribution in [3.05, 3.63) is 41.7 Å². The molecular formula is C19H25N5O3. The van der Waals surface area contributed by atoms with Crippen molar-refractivity contribution in [3.8, 4) is 0 Å². The van der Waals surface area contributed by atoms with Crippen LogP contribution < -0.4 is 10.6 Å². The SMILES string of the molecule is COCC(=O)Nc1ccc(C)c(NC(=O)N2CCC[C@@H](c3ccn[nH]3)C2)c1. The van der Waals surface area contributed by atoms with Gasteiger partial charge in [-0.25, -0.2) is 4.79 Å². The third kappa shape index (κ3) is 4.85. The van der Waals surface area contributed by atoms with Crippen molar-refractivity contribution in [1.29, 1.82) is 0 Å². The lowest BCUT2D eigenvalue weighted by molar-refractivity contribution is -0.119. The molecule has 1 fully saturated rings. The number of ether oxygens (including phenoxy) is 1. The van der Waals surface area contributed by atoms with Crippen molar-refractivity contribution in [2.75, 3.05) is 37.4 Å². The topological polar surface area (TPSA) is 99.3 Å². The summed E-state index contributed by atoms with van der Waals surface area (Å²) >= 11 is 0. The molecule has 1 aliphatic rings. The standard InChI is InChI=1S/C19H25N5O3/c1-13-5-6-15(21-18(25)12-27-2)10-17(13)22-19(26)24-9-3-4-14(11-24)16-7-8-20-23-16/h5-8,10,14H,3-4,9,11-12H2,1-2H3,(H,20,23)(H,21,25)(H,22,26)/t14-/m1/s1. The van der Waals surface area contributed by atoms with E-state index in [2.05, 4.69) is 20.8 Å². The number of aryl methyl sites for hydroxylation is 1. The summed E-state index contributed by atoms with van der Waals surface area (Å²) in [5, 5.41) is 12.7. The molecule has 1 aromatic carbocycles. The highest BCUT2D eigenvalue weighted by molar-refractivity contribution is 5.94. The molecule has 3 N–H and O–H groups in total. The van der Waals surface area contributed by atoms with Crippen LogP contribution in [0.4, 0.5) is 16.2 Å². The molecule has 0 saturated carbocycles. The minimum atomic E-state index is -0.239. The Bertz CT molecular complexity index is 791. The van der Waals surface area contributed by atoms with Gasteiger partial charge in [-0.2, -0.15) is 5.10 Å². The molecule has 0 bridgehead atoms. The van der Waals surface area contributed by atoms with Gasteiger partial charge in [0.15, 0.2) is 0 Å². The zero-order chi connectivity index (χ0) is 19.2. The highest BCUT2D eigenvalue weighted by atomic mass is 16.5. The lowest BCUT2D eigenvalue weighted by Gasteiger charge is -2.32. The number of carbonyl (C=O) groups excluding carboxylic acids is 2. The van der Waals surface area contributed by atoms with Crippen LogP contribution in [0.15, 0.2) is 30.5 Å². The number of likely N-dealkylation sites (tertiary alicyclic amines) is 1. The molecule has 1 saturated heterocycles. The van der Waals surface area contributed by atoms with E-state index in [4.69, 9.17) is 4.74 Å². The van der Waals surface area contributed by atoms with Gasteiger partial charge in [0.1, 0.15) is 6.61 Å². The Morgan fingerprint density at radius 1 is 1.33 bits per heavy atom. The van der Waals surface area contributed by atoms with Crippen LogP contribution in [0, 0.1) is 6.92 Å². The van der Waals surface area contributed by atoms with E-state index in [1.807, 2.05) is 24.0 Å². The van der Waals surface area contributed by atoms with E-state index in [1.165, 1.54) is 7.11 Å². The number of H-pyrrole nitrogens is 1. The molecule has 2 heterocycles. The fourth-order valence-corrected chi connectivity index (χ4v) is 3.27. The van der Waals surface area contributed by atoms with E-state index in [0.29, 0.717) is 17.9 Å². The number of nitrogens with zero attached hydrogens (tertiary/aromatic N) is 2. The molecule has 0 spiro atoms. The van der Waals surface area contributed by atoms with Crippen LogP contribution in [0.1, 0.15) is 30.0 Å². The monoisotopic (exact) mass is 371 g/mol. The molecule has 0 aliphatic carbocycles. The van der Waals surface area contributed by atoms with Gasteiger partial charge in [-0.05, 0) is 43.5 Å². The summed E-state index contributed by atoms with van der Waals surface area (Å²) in [6.45, 7) is 3.27. The van der Waals surface area contributed by atoms with Crippen molar-refractivity contribution in [2.45, 2.75) is 25.7 Å². The van der Waals surface area contributed by atoms with Gasteiger partial charge in [0.2, 0.25) is 5.91 Å². The van der Waals surface area contributed by atoms with Gasteiger partial charge in [0.25, 0.3) is 0 Å². The van der Waals surface area contributed by atoms with Gasteiger partial charge < -0.3 is 20.3 Å². The largest absolute Gasteiger partial charge is 0.375 e. The van der Waals surface area contributed by atoms with Crippen molar-refractivity contribution in [2.24, 2.45) is 0 Å². The van der Waals surface area contributed by atoms with Crippen molar-refractivity contribution in [3.63, 3.8) is 0 Å². The minimum Gasteiger partial charge on any atom is -0.375 e. The molecule has 144 valence electrons. The van der Waals surface area contributed by atoms with E-state index in [-0.39, 0.29) is 24.5 Å². The maximum atomic E-state index is 12.8. The molecule has 2 aromatic rings. The van der Waals surface area contributed by atoms with Gasteiger partial charge in [-0.3, -0.25) is 9.89 Å². The lowest BCUT2D eigenvalue weighted by atomic mass is 9.95. The Kier molecular flexibility index (Phi) is 6.08. The number of benzene rings is 1. The summed E-state index contributed by atoms with van der Waals surface area (Å²) in [6, 6.07) is 7.25. The summed E-state index contributed by atoms with van der Waals surface area (Å²) in [4.78, 5) is 26.3. The third-order valence-electron chi connectivity index (χ3n) is 4.71. The molecule has 3 rings (SSSR count). The predicted molar refractivity (Wildman–Crippen MR) is 103 cm³/mol. The number of hydrogen-bond acceptors (Lipinski definition) is 4. The number of hydrogen-bond donors (Lipinski definition) is 3. The van der Waals surface area contributed by atoms with E-state index in [9.17, 15) is 9.59 Å². The number of anilines is 2. The molecule has 3 amide bonds. The first kappa shape index (κ1) is 18.9. The first-order chi connectivity index (χ1) is 13.1. The molecule has 1 aliphatic heterocycles. The second kappa shape index (κ2) is 8.68. The Labute approximate surface area is 158 Å². The fraction of sp³-hybridized carbons (Fsp3) is 0.421. The molecular weight excluding hydrogens is 346 g/mol. The second-order valence-corrected chi connectivity index (χ2v) is 6.74. The predicted octanol–water partition coefficient (Wildman–Crippen LogP) is 2.71. The Morgan fingerprint density at radius 2 is 2.19 bits per heavy atom. The Balaban J connectivity index is 1.65. The molecule has 0 radical (unpaired) electrons. The normalized spacial score (nSPS) is 16.8.